The maximum absolute atomic E-state index is 8.96. The Balaban J connectivity index is 1.91. The standard InChI is InChI=1S/C15H12N2O/c16-10-14-15(5-2-8-17-14)18-13-7-6-11-3-1-4-12(11)9-13/h2,5-9H,1,3-4H2. The largest absolute Gasteiger partial charge is 0.454 e. The summed E-state index contributed by atoms with van der Waals surface area (Å²) in [5, 5.41) is 8.96. The van der Waals surface area contributed by atoms with Gasteiger partial charge in [-0.15, -0.1) is 0 Å². The van der Waals surface area contributed by atoms with Crippen LogP contribution in [-0.4, -0.2) is 4.98 Å². The molecule has 1 heterocycles. The van der Waals surface area contributed by atoms with Gasteiger partial charge >= 0.3 is 0 Å². The lowest BCUT2D eigenvalue weighted by Gasteiger charge is -2.08. The SMILES string of the molecule is N#Cc1ncccc1Oc1ccc2c(c1)CCC2. The number of aromatic nitrogens is 1. The van der Waals surface area contributed by atoms with Crippen molar-refractivity contribution in [3.8, 4) is 17.6 Å². The number of hydrogen-bond donors (Lipinski definition) is 0. The Kier molecular flexibility index (Phi) is 2.70. The van der Waals surface area contributed by atoms with Gasteiger partial charge in [0.15, 0.2) is 11.4 Å². The minimum atomic E-state index is 0.318. The molecule has 3 rings (SSSR count). The molecule has 0 saturated carbocycles. The maximum atomic E-state index is 8.96. The molecule has 2 aromatic rings. The molecular weight excluding hydrogens is 224 g/mol. The smallest absolute Gasteiger partial charge is 0.183 e. The van der Waals surface area contributed by atoms with Crippen LogP contribution in [0.4, 0.5) is 0 Å². The summed E-state index contributed by atoms with van der Waals surface area (Å²) in [6.07, 6.45) is 5.08. The number of aryl methyl sites for hydroxylation is 2. The Labute approximate surface area is 106 Å². The second kappa shape index (κ2) is 4.50. The van der Waals surface area contributed by atoms with Crippen LogP contribution in [0.25, 0.3) is 0 Å². The topological polar surface area (TPSA) is 45.9 Å². The van der Waals surface area contributed by atoms with Gasteiger partial charge in [-0.2, -0.15) is 5.26 Å². The molecule has 0 bridgehead atoms. The normalized spacial score (nSPS) is 12.8. The number of nitriles is 1. The lowest BCUT2D eigenvalue weighted by atomic mass is 10.1. The molecule has 0 spiro atoms. The molecule has 1 aromatic heterocycles. The zero-order valence-electron chi connectivity index (χ0n) is 9.89. The van der Waals surface area contributed by atoms with Gasteiger partial charge in [0.2, 0.25) is 0 Å². The zero-order valence-corrected chi connectivity index (χ0v) is 9.89. The first-order valence-electron chi connectivity index (χ1n) is 6.01. The third-order valence-corrected chi connectivity index (χ3v) is 3.17. The zero-order chi connectivity index (χ0) is 12.4. The van der Waals surface area contributed by atoms with E-state index in [4.69, 9.17) is 10.00 Å². The molecule has 88 valence electrons. The molecule has 1 aliphatic carbocycles. The van der Waals surface area contributed by atoms with E-state index in [1.54, 1.807) is 18.3 Å². The number of pyridine rings is 1. The Morgan fingerprint density at radius 3 is 2.94 bits per heavy atom. The van der Waals surface area contributed by atoms with Crippen LogP contribution in [-0.2, 0) is 12.8 Å². The maximum Gasteiger partial charge on any atom is 0.183 e. The first kappa shape index (κ1) is 10.8. The van der Waals surface area contributed by atoms with Gasteiger partial charge in [-0.1, -0.05) is 6.07 Å². The van der Waals surface area contributed by atoms with Gasteiger partial charge in [0, 0.05) is 6.20 Å². The van der Waals surface area contributed by atoms with Crippen molar-refractivity contribution >= 4 is 0 Å². The average molecular weight is 236 g/mol. The summed E-state index contributed by atoms with van der Waals surface area (Å²) in [4.78, 5) is 3.98. The fourth-order valence-electron chi connectivity index (χ4n) is 2.30. The molecule has 0 aliphatic heterocycles. The molecule has 0 fully saturated rings. The highest BCUT2D eigenvalue weighted by Gasteiger charge is 2.12. The van der Waals surface area contributed by atoms with Crippen LogP contribution in [0.2, 0.25) is 0 Å². The van der Waals surface area contributed by atoms with Gasteiger partial charge < -0.3 is 4.74 Å². The average Bonchev–Trinajstić information content (AvgIpc) is 2.87. The number of nitrogens with zero attached hydrogens (tertiary/aromatic N) is 2. The first-order valence-corrected chi connectivity index (χ1v) is 6.01. The van der Waals surface area contributed by atoms with Crippen LogP contribution < -0.4 is 4.74 Å². The Hall–Kier alpha value is -2.34. The Morgan fingerprint density at radius 1 is 1.17 bits per heavy atom. The Morgan fingerprint density at radius 2 is 2.06 bits per heavy atom. The fourth-order valence-corrected chi connectivity index (χ4v) is 2.30. The number of hydrogen-bond acceptors (Lipinski definition) is 3. The number of benzene rings is 1. The van der Waals surface area contributed by atoms with Gasteiger partial charge in [-0.3, -0.25) is 0 Å². The molecule has 3 nitrogen and oxygen atoms in total. The van der Waals surface area contributed by atoms with Gasteiger partial charge in [-0.25, -0.2) is 4.98 Å². The van der Waals surface area contributed by atoms with Crippen LogP contribution in [0.3, 0.4) is 0 Å². The van der Waals surface area contributed by atoms with E-state index in [0.29, 0.717) is 11.4 Å². The van der Waals surface area contributed by atoms with Gasteiger partial charge in [0.05, 0.1) is 0 Å². The second-order valence-electron chi connectivity index (χ2n) is 4.35. The van der Waals surface area contributed by atoms with E-state index in [1.165, 1.54) is 17.5 Å². The van der Waals surface area contributed by atoms with E-state index in [9.17, 15) is 0 Å². The highest BCUT2D eigenvalue weighted by atomic mass is 16.5. The summed E-state index contributed by atoms with van der Waals surface area (Å²) < 4.78 is 5.74. The summed E-state index contributed by atoms with van der Waals surface area (Å²) >= 11 is 0. The quantitative estimate of drug-likeness (QED) is 0.804. The lowest BCUT2D eigenvalue weighted by molar-refractivity contribution is 0.478. The molecule has 0 radical (unpaired) electrons. The van der Waals surface area contributed by atoms with Crippen LogP contribution in [0, 0.1) is 11.3 Å². The summed E-state index contributed by atoms with van der Waals surface area (Å²) in [7, 11) is 0. The van der Waals surface area contributed by atoms with Crippen molar-refractivity contribution in [2.45, 2.75) is 19.3 Å². The number of fused-ring (bicyclic) bond motifs is 1. The fraction of sp³-hybridized carbons (Fsp3) is 0.200. The van der Waals surface area contributed by atoms with Crippen molar-refractivity contribution in [3.05, 3.63) is 53.3 Å². The second-order valence-corrected chi connectivity index (χ2v) is 4.35. The molecular formula is C15H12N2O. The van der Waals surface area contributed by atoms with E-state index >= 15 is 0 Å². The third-order valence-electron chi connectivity index (χ3n) is 3.17. The van der Waals surface area contributed by atoms with Crippen LogP contribution in [0.15, 0.2) is 36.5 Å². The van der Waals surface area contributed by atoms with Gasteiger partial charge in [-0.05, 0) is 54.7 Å². The van der Waals surface area contributed by atoms with Crippen LogP contribution in [0.5, 0.6) is 11.5 Å². The molecule has 0 unspecified atom stereocenters. The van der Waals surface area contributed by atoms with E-state index in [0.717, 1.165) is 18.6 Å². The molecule has 0 atom stereocenters. The van der Waals surface area contributed by atoms with E-state index in [-0.39, 0.29) is 0 Å². The number of rotatable bonds is 2. The predicted molar refractivity (Wildman–Crippen MR) is 67.5 cm³/mol. The van der Waals surface area contributed by atoms with E-state index < -0.39 is 0 Å². The van der Waals surface area contributed by atoms with Crippen molar-refractivity contribution in [1.82, 2.24) is 4.98 Å². The van der Waals surface area contributed by atoms with Crippen molar-refractivity contribution in [1.29, 1.82) is 5.26 Å². The summed E-state index contributed by atoms with van der Waals surface area (Å²) in [5.41, 5.74) is 3.09. The summed E-state index contributed by atoms with van der Waals surface area (Å²) in [6.45, 7) is 0. The van der Waals surface area contributed by atoms with Crippen molar-refractivity contribution in [2.75, 3.05) is 0 Å². The van der Waals surface area contributed by atoms with E-state index in [1.807, 2.05) is 12.1 Å². The van der Waals surface area contributed by atoms with E-state index in [2.05, 4.69) is 17.1 Å². The highest BCUT2D eigenvalue weighted by Crippen LogP contribution is 2.29. The summed E-state index contributed by atoms with van der Waals surface area (Å²) in [5.74, 6) is 1.29. The highest BCUT2D eigenvalue weighted by molar-refractivity contribution is 5.43. The first-order chi connectivity index (χ1) is 8.86. The van der Waals surface area contributed by atoms with Crippen molar-refractivity contribution < 1.29 is 4.74 Å². The monoisotopic (exact) mass is 236 g/mol. The predicted octanol–water partition coefficient (Wildman–Crippen LogP) is 3.23. The van der Waals surface area contributed by atoms with Crippen LogP contribution in [0.1, 0.15) is 23.2 Å². The minimum Gasteiger partial charge on any atom is -0.454 e. The van der Waals surface area contributed by atoms with Crippen molar-refractivity contribution in [3.63, 3.8) is 0 Å². The van der Waals surface area contributed by atoms with Gasteiger partial charge in [0.25, 0.3) is 0 Å². The van der Waals surface area contributed by atoms with Crippen molar-refractivity contribution in [2.24, 2.45) is 0 Å². The molecule has 0 N–H and O–H groups in total. The van der Waals surface area contributed by atoms with Gasteiger partial charge in [0.1, 0.15) is 11.8 Å². The molecule has 0 amide bonds. The molecule has 1 aromatic carbocycles. The Bertz CT molecular complexity index is 629. The van der Waals surface area contributed by atoms with Crippen LogP contribution >= 0.6 is 0 Å². The minimum absolute atomic E-state index is 0.318. The molecule has 1 aliphatic rings. The summed E-state index contributed by atoms with van der Waals surface area (Å²) in [6, 6.07) is 11.7. The lowest BCUT2D eigenvalue weighted by Crippen LogP contribution is -1.92. The molecule has 3 heteroatoms. The molecule has 0 saturated heterocycles. The molecule has 18 heavy (non-hydrogen) atoms. The third kappa shape index (κ3) is 1.93. The number of ether oxygens (including phenoxy) is 1.